The highest BCUT2D eigenvalue weighted by Crippen LogP contribution is 2.27. The standard InChI is InChI=1S/C15H27N3O3/c1-10(2)9-12(14(19)20)17-15(21)16-11-6-8-18-7-4-3-5-13(11)18/h10-13H,3-9H2,1-2H3,(H,19,20)(H2,16,17,21). The van der Waals surface area contributed by atoms with Crippen molar-refractivity contribution in [3.63, 3.8) is 0 Å². The maximum atomic E-state index is 12.1. The van der Waals surface area contributed by atoms with Gasteiger partial charge in [-0.3, -0.25) is 4.90 Å². The van der Waals surface area contributed by atoms with E-state index in [0.29, 0.717) is 12.5 Å². The maximum absolute atomic E-state index is 12.1. The lowest BCUT2D eigenvalue weighted by Gasteiger charge is -2.32. The zero-order valence-corrected chi connectivity index (χ0v) is 13.0. The van der Waals surface area contributed by atoms with Crippen LogP contribution in [0.4, 0.5) is 4.79 Å². The Balaban J connectivity index is 1.84. The molecule has 0 radical (unpaired) electrons. The summed E-state index contributed by atoms with van der Waals surface area (Å²) in [6, 6.07) is -0.578. The van der Waals surface area contributed by atoms with Crippen LogP contribution in [-0.2, 0) is 4.79 Å². The largest absolute Gasteiger partial charge is 0.480 e. The van der Waals surface area contributed by atoms with E-state index in [1.54, 1.807) is 0 Å². The van der Waals surface area contributed by atoms with Gasteiger partial charge in [0.05, 0.1) is 0 Å². The normalized spacial score (nSPS) is 27.2. The van der Waals surface area contributed by atoms with E-state index >= 15 is 0 Å². The molecule has 2 rings (SSSR count). The van der Waals surface area contributed by atoms with E-state index in [-0.39, 0.29) is 18.0 Å². The number of amides is 2. The van der Waals surface area contributed by atoms with Crippen molar-refractivity contribution in [1.82, 2.24) is 15.5 Å². The minimum absolute atomic E-state index is 0.152. The quantitative estimate of drug-likeness (QED) is 0.716. The predicted molar refractivity (Wildman–Crippen MR) is 80.2 cm³/mol. The number of nitrogens with one attached hydrogen (secondary N) is 2. The number of fused-ring (bicyclic) bond motifs is 1. The molecule has 2 fully saturated rings. The second-order valence-electron chi connectivity index (χ2n) is 6.63. The number of carbonyl (C=O) groups excluding carboxylic acids is 1. The number of aliphatic carboxylic acids is 1. The van der Waals surface area contributed by atoms with Crippen LogP contribution in [0.25, 0.3) is 0 Å². The van der Waals surface area contributed by atoms with Crippen molar-refractivity contribution < 1.29 is 14.7 Å². The Hall–Kier alpha value is -1.30. The minimum Gasteiger partial charge on any atom is -0.480 e. The second kappa shape index (κ2) is 7.11. The van der Waals surface area contributed by atoms with Crippen LogP contribution in [-0.4, -0.2) is 53.2 Å². The number of rotatable bonds is 5. The molecule has 0 spiro atoms. The van der Waals surface area contributed by atoms with Gasteiger partial charge in [-0.2, -0.15) is 0 Å². The smallest absolute Gasteiger partial charge is 0.326 e. The topological polar surface area (TPSA) is 81.7 Å². The molecule has 6 heteroatoms. The summed E-state index contributed by atoms with van der Waals surface area (Å²) in [4.78, 5) is 25.7. The summed E-state index contributed by atoms with van der Waals surface area (Å²) in [5, 5.41) is 14.8. The van der Waals surface area contributed by atoms with Gasteiger partial charge in [-0.15, -0.1) is 0 Å². The van der Waals surface area contributed by atoms with Crippen LogP contribution in [0, 0.1) is 5.92 Å². The number of hydrogen-bond donors (Lipinski definition) is 3. The second-order valence-corrected chi connectivity index (χ2v) is 6.63. The van der Waals surface area contributed by atoms with Gasteiger partial charge < -0.3 is 15.7 Å². The molecule has 2 aliphatic heterocycles. The molecule has 0 saturated carbocycles. The molecule has 0 aromatic carbocycles. The fourth-order valence-electron chi connectivity index (χ4n) is 3.48. The number of nitrogens with zero attached hydrogens (tertiary/aromatic N) is 1. The summed E-state index contributed by atoms with van der Waals surface area (Å²) in [7, 11) is 0. The lowest BCUT2D eigenvalue weighted by molar-refractivity contribution is -0.139. The van der Waals surface area contributed by atoms with Crippen molar-refractivity contribution >= 4 is 12.0 Å². The Kier molecular flexibility index (Phi) is 5.45. The van der Waals surface area contributed by atoms with E-state index in [0.717, 1.165) is 25.9 Å². The summed E-state index contributed by atoms with van der Waals surface area (Å²) in [5.41, 5.74) is 0. The summed E-state index contributed by atoms with van der Waals surface area (Å²) in [6.07, 6.45) is 4.99. The Labute approximate surface area is 126 Å². The fourth-order valence-corrected chi connectivity index (χ4v) is 3.48. The van der Waals surface area contributed by atoms with E-state index in [2.05, 4.69) is 15.5 Å². The minimum atomic E-state index is -0.968. The Morgan fingerprint density at radius 2 is 2.00 bits per heavy atom. The van der Waals surface area contributed by atoms with Crippen LogP contribution in [0.2, 0.25) is 0 Å². The van der Waals surface area contributed by atoms with Gasteiger partial charge >= 0.3 is 12.0 Å². The molecule has 0 bridgehead atoms. The van der Waals surface area contributed by atoms with Gasteiger partial charge in [-0.05, 0) is 38.1 Å². The average molecular weight is 297 g/mol. The summed E-state index contributed by atoms with van der Waals surface area (Å²) in [5.74, 6) is -0.740. The molecule has 2 aliphatic rings. The first kappa shape index (κ1) is 16.1. The highest BCUT2D eigenvalue weighted by Gasteiger charge is 2.36. The van der Waals surface area contributed by atoms with E-state index < -0.39 is 12.0 Å². The summed E-state index contributed by atoms with van der Waals surface area (Å²) in [6.45, 7) is 6.05. The third kappa shape index (κ3) is 4.33. The number of carboxylic acid groups (broad SMARTS) is 1. The third-order valence-electron chi connectivity index (χ3n) is 4.48. The van der Waals surface area contributed by atoms with Gasteiger partial charge in [-0.1, -0.05) is 20.3 Å². The van der Waals surface area contributed by atoms with Crippen molar-refractivity contribution in [2.24, 2.45) is 5.92 Å². The SMILES string of the molecule is CC(C)CC(NC(=O)NC1CCN2CCCCC12)C(=O)O. The Morgan fingerprint density at radius 1 is 1.24 bits per heavy atom. The van der Waals surface area contributed by atoms with Gasteiger partial charge in [0.25, 0.3) is 0 Å². The summed E-state index contributed by atoms with van der Waals surface area (Å²) >= 11 is 0. The number of hydrogen-bond acceptors (Lipinski definition) is 3. The van der Waals surface area contributed by atoms with Gasteiger partial charge in [0.15, 0.2) is 0 Å². The highest BCUT2D eigenvalue weighted by molar-refractivity contribution is 5.82. The van der Waals surface area contributed by atoms with Crippen molar-refractivity contribution in [2.45, 2.75) is 64.1 Å². The molecule has 2 amide bonds. The molecule has 3 unspecified atom stereocenters. The molecule has 0 aliphatic carbocycles. The van der Waals surface area contributed by atoms with E-state index in [1.165, 1.54) is 12.8 Å². The van der Waals surface area contributed by atoms with Crippen LogP contribution in [0.3, 0.4) is 0 Å². The van der Waals surface area contributed by atoms with Crippen LogP contribution in [0.15, 0.2) is 0 Å². The first-order chi connectivity index (χ1) is 9.97. The molecule has 0 aromatic heterocycles. The first-order valence-electron chi connectivity index (χ1n) is 8.01. The van der Waals surface area contributed by atoms with Crippen molar-refractivity contribution in [2.75, 3.05) is 13.1 Å². The molecule has 3 atom stereocenters. The predicted octanol–water partition coefficient (Wildman–Crippen LogP) is 1.41. The van der Waals surface area contributed by atoms with Gasteiger partial charge in [0.2, 0.25) is 0 Å². The van der Waals surface area contributed by atoms with Crippen molar-refractivity contribution in [1.29, 1.82) is 0 Å². The molecule has 3 N–H and O–H groups in total. The molecule has 2 heterocycles. The molecule has 120 valence electrons. The van der Waals surface area contributed by atoms with Gasteiger partial charge in [0.1, 0.15) is 6.04 Å². The van der Waals surface area contributed by atoms with Crippen LogP contribution in [0.5, 0.6) is 0 Å². The monoisotopic (exact) mass is 297 g/mol. The molecule has 2 saturated heterocycles. The molecular weight excluding hydrogens is 270 g/mol. The Bertz CT molecular complexity index is 386. The van der Waals surface area contributed by atoms with Crippen LogP contribution < -0.4 is 10.6 Å². The molecule has 6 nitrogen and oxygen atoms in total. The van der Waals surface area contributed by atoms with Crippen molar-refractivity contribution in [3.05, 3.63) is 0 Å². The molecular formula is C15H27N3O3. The number of carboxylic acids is 1. The highest BCUT2D eigenvalue weighted by atomic mass is 16.4. The Morgan fingerprint density at radius 3 is 2.67 bits per heavy atom. The van der Waals surface area contributed by atoms with Gasteiger partial charge in [-0.25, -0.2) is 9.59 Å². The third-order valence-corrected chi connectivity index (χ3v) is 4.48. The number of carbonyl (C=O) groups is 2. The molecule has 0 aromatic rings. The average Bonchev–Trinajstić information content (AvgIpc) is 2.81. The zero-order valence-electron chi connectivity index (χ0n) is 13.0. The number of urea groups is 1. The van der Waals surface area contributed by atoms with E-state index in [4.69, 9.17) is 5.11 Å². The first-order valence-corrected chi connectivity index (χ1v) is 8.01. The summed E-state index contributed by atoms with van der Waals surface area (Å²) < 4.78 is 0. The van der Waals surface area contributed by atoms with E-state index in [9.17, 15) is 9.59 Å². The maximum Gasteiger partial charge on any atom is 0.326 e. The lowest BCUT2D eigenvalue weighted by atomic mass is 9.99. The van der Waals surface area contributed by atoms with Crippen LogP contribution >= 0.6 is 0 Å². The lowest BCUT2D eigenvalue weighted by Crippen LogP contribution is -2.53. The van der Waals surface area contributed by atoms with Gasteiger partial charge in [0, 0.05) is 18.6 Å². The number of piperidine rings is 1. The fraction of sp³-hybridized carbons (Fsp3) is 0.867. The van der Waals surface area contributed by atoms with Crippen molar-refractivity contribution in [3.8, 4) is 0 Å². The van der Waals surface area contributed by atoms with E-state index in [1.807, 2.05) is 13.8 Å². The van der Waals surface area contributed by atoms with Crippen LogP contribution in [0.1, 0.15) is 46.0 Å². The zero-order chi connectivity index (χ0) is 15.4. The molecule has 21 heavy (non-hydrogen) atoms.